The first-order valence-corrected chi connectivity index (χ1v) is 11.8. The molecule has 1 saturated heterocycles. The molecular formula is C25H34N6O. The fourth-order valence-electron chi connectivity index (χ4n) is 5.49. The van der Waals surface area contributed by atoms with Crippen molar-refractivity contribution in [3.05, 3.63) is 35.2 Å². The molecule has 2 aliphatic rings. The third kappa shape index (κ3) is 3.79. The van der Waals surface area contributed by atoms with Crippen molar-refractivity contribution in [1.29, 1.82) is 0 Å². The van der Waals surface area contributed by atoms with Crippen LogP contribution in [0.4, 0.5) is 11.5 Å². The van der Waals surface area contributed by atoms with E-state index in [2.05, 4.69) is 57.2 Å². The Hall–Kier alpha value is -2.80. The van der Waals surface area contributed by atoms with Gasteiger partial charge in [-0.25, -0.2) is 0 Å². The van der Waals surface area contributed by atoms with Crippen LogP contribution in [0.5, 0.6) is 0 Å². The molecule has 3 heterocycles. The predicted octanol–water partition coefficient (Wildman–Crippen LogP) is 4.30. The maximum Gasteiger partial charge on any atom is 0.165 e. The lowest BCUT2D eigenvalue weighted by Crippen LogP contribution is -2.33. The summed E-state index contributed by atoms with van der Waals surface area (Å²) in [5.41, 5.74) is 12.1. The van der Waals surface area contributed by atoms with Crippen LogP contribution in [0.2, 0.25) is 0 Å². The van der Waals surface area contributed by atoms with E-state index >= 15 is 0 Å². The zero-order valence-electron chi connectivity index (χ0n) is 19.4. The number of H-pyrrole nitrogens is 1. The average molecular weight is 435 g/mol. The number of nitrogen functional groups attached to an aromatic ring is 1. The molecule has 3 aromatic rings. The molecule has 0 saturated carbocycles. The van der Waals surface area contributed by atoms with Gasteiger partial charge in [-0.3, -0.25) is 9.89 Å². The Labute approximate surface area is 189 Å². The number of ketones is 1. The number of carbonyl (C=O) groups excluding carboxylic acids is 1. The summed E-state index contributed by atoms with van der Waals surface area (Å²) in [5, 5.41) is 11.9. The van der Waals surface area contributed by atoms with E-state index in [1.165, 1.54) is 32.4 Å². The Kier molecular flexibility index (Phi) is 5.24. The van der Waals surface area contributed by atoms with Gasteiger partial charge in [0.25, 0.3) is 0 Å². The number of nitrogens with one attached hydrogen (secondary N) is 2. The first-order valence-electron chi connectivity index (χ1n) is 11.8. The molecule has 0 amide bonds. The lowest BCUT2D eigenvalue weighted by Gasteiger charge is -2.30. The normalized spacial score (nSPS) is 18.8. The molecule has 0 spiro atoms. The van der Waals surface area contributed by atoms with Crippen molar-refractivity contribution in [2.75, 3.05) is 37.2 Å². The molecule has 170 valence electrons. The Bertz CT molecular complexity index is 1170. The summed E-state index contributed by atoms with van der Waals surface area (Å²) in [6, 6.07) is 4.23. The molecule has 5 rings (SSSR count). The van der Waals surface area contributed by atoms with Crippen LogP contribution >= 0.6 is 0 Å². The van der Waals surface area contributed by atoms with Crippen molar-refractivity contribution < 1.29 is 4.79 Å². The summed E-state index contributed by atoms with van der Waals surface area (Å²) in [4.78, 5) is 15.4. The lowest BCUT2D eigenvalue weighted by atomic mass is 9.75. The molecule has 0 unspecified atom stereocenters. The smallest absolute Gasteiger partial charge is 0.165 e. The van der Waals surface area contributed by atoms with Crippen molar-refractivity contribution in [1.82, 2.24) is 19.7 Å². The average Bonchev–Trinajstić information content (AvgIpc) is 3.28. The molecule has 0 atom stereocenters. The Balaban J connectivity index is 1.51. The van der Waals surface area contributed by atoms with E-state index in [0.717, 1.165) is 58.6 Å². The summed E-state index contributed by atoms with van der Waals surface area (Å²) in [6.45, 7) is 10.6. The topological polar surface area (TPSA) is 92.0 Å². The van der Waals surface area contributed by atoms with Crippen molar-refractivity contribution in [3.63, 3.8) is 0 Å². The molecule has 0 radical (unpaired) electrons. The minimum atomic E-state index is -0.0370. The Morgan fingerprint density at radius 1 is 1.19 bits per heavy atom. The number of nitrogens with zero attached hydrogens (tertiary/aromatic N) is 3. The highest BCUT2D eigenvalue weighted by Gasteiger charge is 2.34. The number of fused-ring (bicyclic) bond motifs is 2. The zero-order chi connectivity index (χ0) is 22.5. The van der Waals surface area contributed by atoms with Crippen molar-refractivity contribution in [2.24, 2.45) is 5.41 Å². The summed E-state index contributed by atoms with van der Waals surface area (Å²) in [5.74, 6) is 0.758. The number of Topliss-reactive ketones (excluding diaryl/α,β-unsaturated/α-hetero) is 1. The number of hydrogen-bond acceptors (Lipinski definition) is 5. The summed E-state index contributed by atoms with van der Waals surface area (Å²) < 4.78 is 2.19. The molecule has 32 heavy (non-hydrogen) atoms. The van der Waals surface area contributed by atoms with Crippen molar-refractivity contribution in [3.8, 4) is 5.69 Å². The van der Waals surface area contributed by atoms with Crippen molar-refractivity contribution >= 4 is 28.2 Å². The third-order valence-corrected chi connectivity index (χ3v) is 7.01. The van der Waals surface area contributed by atoms with Gasteiger partial charge in [-0.2, -0.15) is 5.10 Å². The number of likely N-dealkylation sites (tertiary alicyclic amines) is 1. The van der Waals surface area contributed by atoms with Gasteiger partial charge in [-0.05, 0) is 62.4 Å². The number of carbonyl (C=O) groups is 1. The number of rotatable bonds is 5. The Morgan fingerprint density at radius 2 is 1.97 bits per heavy atom. The largest absolute Gasteiger partial charge is 0.383 e. The second-order valence-electron chi connectivity index (χ2n) is 10.3. The fourth-order valence-corrected chi connectivity index (χ4v) is 5.49. The van der Waals surface area contributed by atoms with E-state index in [1.807, 2.05) is 6.92 Å². The highest BCUT2D eigenvalue weighted by atomic mass is 16.1. The van der Waals surface area contributed by atoms with Crippen LogP contribution in [-0.4, -0.2) is 51.6 Å². The van der Waals surface area contributed by atoms with E-state index in [1.54, 1.807) is 0 Å². The number of piperidine rings is 1. The van der Waals surface area contributed by atoms with Crippen LogP contribution in [0.25, 0.3) is 16.6 Å². The summed E-state index contributed by atoms with van der Waals surface area (Å²) in [7, 11) is 0. The molecular weight excluding hydrogens is 400 g/mol. The predicted molar refractivity (Wildman–Crippen MR) is 130 cm³/mol. The monoisotopic (exact) mass is 434 g/mol. The number of nitrogens with two attached hydrogens (primary N) is 1. The van der Waals surface area contributed by atoms with E-state index in [0.29, 0.717) is 12.2 Å². The second kappa shape index (κ2) is 7.96. The zero-order valence-corrected chi connectivity index (χ0v) is 19.4. The van der Waals surface area contributed by atoms with E-state index in [9.17, 15) is 4.79 Å². The van der Waals surface area contributed by atoms with Gasteiger partial charge in [0.2, 0.25) is 0 Å². The first-order chi connectivity index (χ1) is 15.3. The number of aromatic amines is 1. The molecule has 1 aliphatic carbocycles. The maximum atomic E-state index is 12.9. The van der Waals surface area contributed by atoms with Gasteiger partial charge in [-0.1, -0.05) is 20.3 Å². The molecule has 1 aliphatic heterocycles. The van der Waals surface area contributed by atoms with E-state index in [-0.39, 0.29) is 11.2 Å². The van der Waals surface area contributed by atoms with Gasteiger partial charge in [0.15, 0.2) is 11.6 Å². The third-order valence-electron chi connectivity index (χ3n) is 7.01. The SMILES string of the molecule is Cc1cn(-c2cc(NCCN3CCCCC3)c3c(N)n[nH]c3c2)c2c1C(=O)CC(C)(C)C2. The number of anilines is 2. The molecule has 4 N–H and O–H groups in total. The van der Waals surface area contributed by atoms with Crippen LogP contribution in [0, 0.1) is 12.3 Å². The molecule has 7 heteroatoms. The van der Waals surface area contributed by atoms with Crippen LogP contribution in [-0.2, 0) is 6.42 Å². The van der Waals surface area contributed by atoms with Crippen LogP contribution in [0.15, 0.2) is 18.3 Å². The maximum absolute atomic E-state index is 12.9. The standard InChI is InChI=1S/C25H34N6O/c1-16-15-31(20-13-25(2,3)14-21(32)22(16)20)17-11-18(23-19(12-17)28-29-24(23)26)27-7-10-30-8-5-4-6-9-30/h11-12,15,27H,4-10,13-14H2,1-3H3,(H3,26,28,29). The summed E-state index contributed by atoms with van der Waals surface area (Å²) in [6.07, 6.45) is 7.51. The first kappa shape index (κ1) is 21.1. The van der Waals surface area contributed by atoms with Gasteiger partial charge in [0, 0.05) is 48.3 Å². The highest BCUT2D eigenvalue weighted by Crippen LogP contribution is 2.39. The minimum absolute atomic E-state index is 0.0370. The molecule has 2 aromatic heterocycles. The quantitative estimate of drug-likeness (QED) is 0.557. The van der Waals surface area contributed by atoms with Crippen LogP contribution < -0.4 is 11.1 Å². The molecule has 7 nitrogen and oxygen atoms in total. The van der Waals surface area contributed by atoms with Crippen LogP contribution in [0.1, 0.15) is 61.1 Å². The molecule has 1 aromatic carbocycles. The highest BCUT2D eigenvalue weighted by molar-refractivity contribution is 6.02. The van der Waals surface area contributed by atoms with Gasteiger partial charge >= 0.3 is 0 Å². The number of aromatic nitrogens is 3. The number of aryl methyl sites for hydroxylation is 1. The van der Waals surface area contributed by atoms with Crippen LogP contribution in [0.3, 0.4) is 0 Å². The molecule has 1 fully saturated rings. The van der Waals surface area contributed by atoms with Gasteiger partial charge in [0.05, 0.1) is 10.9 Å². The lowest BCUT2D eigenvalue weighted by molar-refractivity contribution is 0.0910. The molecule has 0 bridgehead atoms. The van der Waals surface area contributed by atoms with Gasteiger partial charge in [-0.15, -0.1) is 0 Å². The van der Waals surface area contributed by atoms with Gasteiger partial charge < -0.3 is 20.5 Å². The summed E-state index contributed by atoms with van der Waals surface area (Å²) >= 11 is 0. The number of benzene rings is 1. The number of hydrogen-bond donors (Lipinski definition) is 3. The van der Waals surface area contributed by atoms with Crippen molar-refractivity contribution in [2.45, 2.75) is 52.9 Å². The Morgan fingerprint density at radius 3 is 2.75 bits per heavy atom. The van der Waals surface area contributed by atoms with Gasteiger partial charge in [0.1, 0.15) is 0 Å². The second-order valence-corrected chi connectivity index (χ2v) is 10.3. The van der Waals surface area contributed by atoms with E-state index < -0.39 is 0 Å². The van der Waals surface area contributed by atoms with E-state index in [4.69, 9.17) is 5.73 Å². The fraction of sp³-hybridized carbons (Fsp3) is 0.520. The minimum Gasteiger partial charge on any atom is -0.383 e.